The highest BCUT2D eigenvalue weighted by molar-refractivity contribution is 9.10. The van der Waals surface area contributed by atoms with Gasteiger partial charge in [-0.3, -0.25) is 0 Å². The highest BCUT2D eigenvalue weighted by Gasteiger charge is 2.17. The van der Waals surface area contributed by atoms with Crippen LogP contribution in [0.5, 0.6) is 5.75 Å². The fourth-order valence-electron chi connectivity index (χ4n) is 1.37. The van der Waals surface area contributed by atoms with Crippen LogP contribution in [-0.4, -0.2) is 32.3 Å². The lowest BCUT2D eigenvalue weighted by atomic mass is 10.3. The monoisotopic (exact) mass is 364 g/mol. The number of amides is 2. The Morgan fingerprint density at radius 3 is 2.55 bits per heavy atom. The van der Waals surface area contributed by atoms with Crippen LogP contribution in [-0.2, 0) is 9.53 Å². The maximum absolute atomic E-state index is 11.7. The van der Waals surface area contributed by atoms with E-state index in [-0.39, 0.29) is 0 Å². The third-order valence-corrected chi connectivity index (χ3v) is 3.34. The number of carbonyl (C=O) groups is 2. The molecule has 0 heterocycles. The van der Waals surface area contributed by atoms with Crippen LogP contribution in [0, 0.1) is 0 Å². The minimum atomic E-state index is -0.757. The van der Waals surface area contributed by atoms with Gasteiger partial charge in [0.05, 0.1) is 24.9 Å². The van der Waals surface area contributed by atoms with Crippen molar-refractivity contribution >= 4 is 45.2 Å². The predicted molar refractivity (Wildman–Crippen MR) is 79.3 cm³/mol. The van der Waals surface area contributed by atoms with Gasteiger partial charge in [0.25, 0.3) is 0 Å². The van der Waals surface area contributed by atoms with Gasteiger partial charge in [-0.1, -0.05) is 11.6 Å². The van der Waals surface area contributed by atoms with E-state index in [1.54, 1.807) is 6.07 Å². The number of hydrogen-bond acceptors (Lipinski definition) is 4. The van der Waals surface area contributed by atoms with E-state index in [1.807, 2.05) is 0 Å². The number of methoxy groups -OCH3 is 2. The van der Waals surface area contributed by atoms with Crippen molar-refractivity contribution in [3.05, 3.63) is 21.6 Å². The summed E-state index contributed by atoms with van der Waals surface area (Å²) in [6.45, 7) is 1.52. The van der Waals surface area contributed by atoms with Crippen molar-refractivity contribution in [2.45, 2.75) is 13.0 Å². The van der Waals surface area contributed by atoms with Crippen LogP contribution in [0.4, 0.5) is 10.5 Å². The van der Waals surface area contributed by atoms with E-state index in [9.17, 15) is 9.59 Å². The van der Waals surface area contributed by atoms with Crippen molar-refractivity contribution in [3.8, 4) is 5.75 Å². The second kappa shape index (κ2) is 7.35. The number of urea groups is 1. The van der Waals surface area contributed by atoms with E-state index in [1.165, 1.54) is 27.2 Å². The summed E-state index contributed by atoms with van der Waals surface area (Å²) in [5, 5.41) is 5.36. The van der Waals surface area contributed by atoms with Gasteiger partial charge in [0.1, 0.15) is 11.8 Å². The summed E-state index contributed by atoms with van der Waals surface area (Å²) in [4.78, 5) is 22.9. The van der Waals surface area contributed by atoms with Gasteiger partial charge in [-0.2, -0.15) is 0 Å². The molecule has 20 heavy (non-hydrogen) atoms. The summed E-state index contributed by atoms with van der Waals surface area (Å²) in [7, 11) is 2.74. The average Bonchev–Trinajstić information content (AvgIpc) is 2.41. The summed E-state index contributed by atoms with van der Waals surface area (Å²) in [6.07, 6.45) is 0. The van der Waals surface area contributed by atoms with Gasteiger partial charge in [0.15, 0.2) is 0 Å². The Morgan fingerprint density at radius 1 is 1.35 bits per heavy atom. The summed E-state index contributed by atoms with van der Waals surface area (Å²) < 4.78 is 10.1. The zero-order valence-electron chi connectivity index (χ0n) is 11.1. The minimum absolute atomic E-state index is 0.354. The van der Waals surface area contributed by atoms with Crippen LogP contribution in [0.1, 0.15) is 6.92 Å². The van der Waals surface area contributed by atoms with Crippen molar-refractivity contribution in [2.75, 3.05) is 19.5 Å². The summed E-state index contributed by atoms with van der Waals surface area (Å²) in [6, 6.07) is 1.85. The Bertz CT molecular complexity index is 524. The number of halogens is 2. The van der Waals surface area contributed by atoms with Crippen molar-refractivity contribution in [2.24, 2.45) is 0 Å². The van der Waals surface area contributed by atoms with Crippen molar-refractivity contribution < 1.29 is 19.1 Å². The lowest BCUT2D eigenvalue weighted by molar-refractivity contribution is -0.142. The molecule has 6 nitrogen and oxygen atoms in total. The smallest absolute Gasteiger partial charge is 0.328 e. The SMILES string of the molecule is COC(=O)C(C)NC(=O)Nc1cc(Cl)c(OC)cc1Br. The second-order valence-electron chi connectivity index (χ2n) is 3.81. The van der Waals surface area contributed by atoms with Gasteiger partial charge in [-0.25, -0.2) is 9.59 Å². The largest absolute Gasteiger partial charge is 0.495 e. The third-order valence-electron chi connectivity index (χ3n) is 2.39. The zero-order valence-corrected chi connectivity index (χ0v) is 13.5. The molecule has 1 unspecified atom stereocenters. The topological polar surface area (TPSA) is 76.7 Å². The number of esters is 1. The number of carbonyl (C=O) groups excluding carboxylic acids is 2. The van der Waals surface area contributed by atoms with Crippen LogP contribution in [0.2, 0.25) is 5.02 Å². The van der Waals surface area contributed by atoms with Gasteiger partial charge >= 0.3 is 12.0 Å². The molecule has 0 radical (unpaired) electrons. The molecule has 0 fully saturated rings. The van der Waals surface area contributed by atoms with Gasteiger partial charge in [0, 0.05) is 4.47 Å². The van der Waals surface area contributed by atoms with Crippen LogP contribution >= 0.6 is 27.5 Å². The predicted octanol–water partition coefficient (Wildman–Crippen LogP) is 2.79. The number of rotatable bonds is 4. The van der Waals surface area contributed by atoms with Gasteiger partial charge in [-0.05, 0) is 35.0 Å². The molecule has 8 heteroatoms. The van der Waals surface area contributed by atoms with E-state index >= 15 is 0 Å². The Kier molecular flexibility index (Phi) is 6.09. The molecule has 0 saturated heterocycles. The number of anilines is 1. The molecular formula is C12H14BrClN2O4. The molecule has 0 saturated carbocycles. The number of nitrogens with one attached hydrogen (secondary N) is 2. The molecule has 1 aromatic carbocycles. The van der Waals surface area contributed by atoms with Crippen LogP contribution in [0.25, 0.3) is 0 Å². The molecule has 110 valence electrons. The molecule has 1 rings (SSSR count). The standard InChI is InChI=1S/C12H14BrClN2O4/c1-6(11(17)20-3)15-12(18)16-9-5-8(14)10(19-2)4-7(9)13/h4-6H,1-3H3,(H2,15,16,18). The van der Waals surface area contributed by atoms with Gasteiger partial charge < -0.3 is 20.1 Å². The number of benzene rings is 1. The lowest BCUT2D eigenvalue weighted by Crippen LogP contribution is -2.41. The third kappa shape index (κ3) is 4.28. The van der Waals surface area contributed by atoms with E-state index in [0.29, 0.717) is 20.9 Å². The quantitative estimate of drug-likeness (QED) is 0.805. The van der Waals surface area contributed by atoms with Crippen LogP contribution in [0.15, 0.2) is 16.6 Å². The molecule has 0 aliphatic carbocycles. The molecule has 2 amide bonds. The molecule has 0 aliphatic heterocycles. The van der Waals surface area contributed by atoms with Crippen molar-refractivity contribution in [3.63, 3.8) is 0 Å². The summed E-state index contributed by atoms with van der Waals surface area (Å²) in [5.41, 5.74) is 0.449. The number of hydrogen-bond donors (Lipinski definition) is 2. The van der Waals surface area contributed by atoms with Crippen molar-refractivity contribution in [1.29, 1.82) is 0 Å². The van der Waals surface area contributed by atoms with E-state index in [4.69, 9.17) is 16.3 Å². The Labute approximate surface area is 129 Å². The van der Waals surface area contributed by atoms with Crippen LogP contribution in [0.3, 0.4) is 0 Å². The molecule has 2 N–H and O–H groups in total. The lowest BCUT2D eigenvalue weighted by Gasteiger charge is -2.14. The molecule has 0 bridgehead atoms. The maximum atomic E-state index is 11.7. The fourth-order valence-corrected chi connectivity index (χ4v) is 2.03. The highest BCUT2D eigenvalue weighted by atomic mass is 79.9. The molecular weight excluding hydrogens is 351 g/mol. The van der Waals surface area contributed by atoms with E-state index < -0.39 is 18.0 Å². The Morgan fingerprint density at radius 2 is 2.00 bits per heavy atom. The second-order valence-corrected chi connectivity index (χ2v) is 5.07. The van der Waals surface area contributed by atoms with E-state index in [2.05, 4.69) is 31.3 Å². The molecule has 0 spiro atoms. The van der Waals surface area contributed by atoms with Crippen LogP contribution < -0.4 is 15.4 Å². The average molecular weight is 366 g/mol. The first-order valence-electron chi connectivity index (χ1n) is 5.57. The summed E-state index contributed by atoms with van der Waals surface area (Å²) in [5.74, 6) is -0.0561. The molecule has 0 aromatic heterocycles. The first-order valence-corrected chi connectivity index (χ1v) is 6.74. The minimum Gasteiger partial charge on any atom is -0.495 e. The summed E-state index contributed by atoms with van der Waals surface area (Å²) >= 11 is 9.26. The first kappa shape index (κ1) is 16.6. The maximum Gasteiger partial charge on any atom is 0.328 e. The molecule has 0 aliphatic rings. The first-order chi connectivity index (χ1) is 9.38. The normalized spacial score (nSPS) is 11.4. The Hall–Kier alpha value is -1.47. The van der Waals surface area contributed by atoms with Gasteiger partial charge in [-0.15, -0.1) is 0 Å². The highest BCUT2D eigenvalue weighted by Crippen LogP contribution is 2.34. The molecule has 1 atom stereocenters. The Balaban J connectivity index is 2.76. The van der Waals surface area contributed by atoms with E-state index in [0.717, 1.165) is 0 Å². The van der Waals surface area contributed by atoms with Gasteiger partial charge in [0.2, 0.25) is 0 Å². The number of ether oxygens (including phenoxy) is 2. The van der Waals surface area contributed by atoms with Crippen molar-refractivity contribution in [1.82, 2.24) is 5.32 Å². The fraction of sp³-hybridized carbons (Fsp3) is 0.333. The molecule has 1 aromatic rings. The zero-order chi connectivity index (χ0) is 15.3.